The van der Waals surface area contributed by atoms with Crippen LogP contribution < -0.4 is 5.14 Å². The molecule has 0 aliphatic heterocycles. The van der Waals surface area contributed by atoms with E-state index in [0.29, 0.717) is 6.42 Å². The smallest absolute Gasteiger partial charge is 0.320 e. The molecule has 0 unspecified atom stereocenters. The number of rotatable bonds is 3. The highest BCUT2D eigenvalue weighted by Gasteiger charge is 2.38. The van der Waals surface area contributed by atoms with Crippen molar-refractivity contribution in [1.82, 2.24) is 0 Å². The number of hydrogen-bond donors (Lipinski definition) is 1. The first-order valence-electron chi connectivity index (χ1n) is 4.34. The van der Waals surface area contributed by atoms with Crippen molar-refractivity contribution in [3.63, 3.8) is 0 Å². The minimum absolute atomic E-state index is 0.473. The van der Waals surface area contributed by atoms with Crippen LogP contribution in [0.5, 0.6) is 0 Å². The van der Waals surface area contributed by atoms with Crippen LogP contribution in [0.2, 0.25) is 0 Å². The number of primary sulfonamides is 1. The fraction of sp³-hybridized carbons (Fsp3) is 0.444. The highest BCUT2D eigenvalue weighted by Crippen LogP contribution is 2.28. The van der Waals surface area contributed by atoms with Crippen molar-refractivity contribution >= 4 is 16.0 Å². The van der Waals surface area contributed by atoms with E-state index in [4.69, 9.17) is 5.14 Å². The van der Waals surface area contributed by atoms with Crippen molar-refractivity contribution < 1.29 is 17.9 Å². The summed E-state index contributed by atoms with van der Waals surface area (Å²) in [4.78, 5) is 11.5. The van der Waals surface area contributed by atoms with Crippen LogP contribution in [0, 0.1) is 5.41 Å². The van der Waals surface area contributed by atoms with Crippen molar-refractivity contribution in [2.75, 3.05) is 12.9 Å². The molecular formula is C9H13NO4S. The Morgan fingerprint density at radius 2 is 2.00 bits per heavy atom. The van der Waals surface area contributed by atoms with Crippen molar-refractivity contribution in [1.29, 1.82) is 0 Å². The lowest BCUT2D eigenvalue weighted by atomic mass is 9.86. The van der Waals surface area contributed by atoms with Crippen LogP contribution in [0.4, 0.5) is 0 Å². The van der Waals surface area contributed by atoms with Gasteiger partial charge in [-0.05, 0) is 6.42 Å². The SMILES string of the molecule is COC(=O)C1(CS(N)(=O)=O)C=CCC=C1. The first-order chi connectivity index (χ1) is 6.90. The minimum Gasteiger partial charge on any atom is -0.468 e. The standard InChI is InChI=1S/C9H13NO4S/c1-14-8(11)9(7-15(10,12)13)5-3-2-4-6-9/h3-6H,2,7H2,1H3,(H2,10,12,13). The Labute approximate surface area is 88.6 Å². The van der Waals surface area contributed by atoms with Gasteiger partial charge in [-0.1, -0.05) is 24.3 Å². The summed E-state index contributed by atoms with van der Waals surface area (Å²) in [5.74, 6) is -1.09. The first kappa shape index (κ1) is 11.9. The second-order valence-corrected chi connectivity index (χ2v) is 4.99. The number of esters is 1. The predicted octanol–water partition coefficient (Wildman–Crippen LogP) is -0.0496. The first-order valence-corrected chi connectivity index (χ1v) is 6.05. The molecule has 84 valence electrons. The second kappa shape index (κ2) is 4.16. The molecule has 1 rings (SSSR count). The van der Waals surface area contributed by atoms with E-state index >= 15 is 0 Å². The quantitative estimate of drug-likeness (QED) is 0.545. The highest BCUT2D eigenvalue weighted by molar-refractivity contribution is 7.89. The van der Waals surface area contributed by atoms with Gasteiger partial charge in [0.15, 0.2) is 0 Å². The van der Waals surface area contributed by atoms with Gasteiger partial charge < -0.3 is 4.74 Å². The van der Waals surface area contributed by atoms with Crippen LogP contribution in [0.1, 0.15) is 6.42 Å². The third-order valence-electron chi connectivity index (χ3n) is 2.11. The fourth-order valence-electron chi connectivity index (χ4n) is 1.50. The number of carbonyl (C=O) groups excluding carboxylic acids is 1. The summed E-state index contributed by atoms with van der Waals surface area (Å²) in [6.07, 6.45) is 7.13. The van der Waals surface area contributed by atoms with Crippen LogP contribution in [0.3, 0.4) is 0 Å². The van der Waals surface area contributed by atoms with Crippen molar-refractivity contribution in [3.8, 4) is 0 Å². The normalized spacial score (nSPS) is 18.8. The molecule has 0 amide bonds. The number of ether oxygens (including phenoxy) is 1. The Morgan fingerprint density at radius 3 is 2.40 bits per heavy atom. The molecule has 0 radical (unpaired) electrons. The molecule has 0 atom stereocenters. The molecule has 0 fully saturated rings. The Kier molecular flexibility index (Phi) is 3.31. The molecule has 1 aliphatic rings. The number of sulfonamides is 1. The van der Waals surface area contributed by atoms with E-state index < -0.39 is 27.2 Å². The fourth-order valence-corrected chi connectivity index (χ4v) is 2.48. The summed E-state index contributed by atoms with van der Waals surface area (Å²) in [6, 6.07) is 0. The third kappa shape index (κ3) is 2.90. The van der Waals surface area contributed by atoms with Crippen molar-refractivity contribution in [2.45, 2.75) is 6.42 Å². The molecule has 15 heavy (non-hydrogen) atoms. The van der Waals surface area contributed by atoms with Gasteiger partial charge in [0.25, 0.3) is 0 Å². The maximum Gasteiger partial charge on any atom is 0.320 e. The van der Waals surface area contributed by atoms with Crippen LogP contribution in [0.25, 0.3) is 0 Å². The van der Waals surface area contributed by atoms with E-state index in [1.54, 1.807) is 12.2 Å². The molecule has 6 heteroatoms. The molecule has 0 aromatic rings. The van der Waals surface area contributed by atoms with E-state index in [-0.39, 0.29) is 0 Å². The number of methoxy groups -OCH3 is 1. The molecule has 0 spiro atoms. The van der Waals surface area contributed by atoms with E-state index in [9.17, 15) is 13.2 Å². The average Bonchev–Trinajstić information content (AvgIpc) is 2.15. The van der Waals surface area contributed by atoms with Gasteiger partial charge in [0.2, 0.25) is 10.0 Å². The highest BCUT2D eigenvalue weighted by atomic mass is 32.2. The lowest BCUT2D eigenvalue weighted by Gasteiger charge is -2.24. The lowest BCUT2D eigenvalue weighted by Crippen LogP contribution is -2.38. The van der Waals surface area contributed by atoms with E-state index in [1.165, 1.54) is 19.3 Å². The lowest BCUT2D eigenvalue weighted by molar-refractivity contribution is -0.146. The van der Waals surface area contributed by atoms with Gasteiger partial charge in [-0.2, -0.15) is 0 Å². The maximum absolute atomic E-state index is 11.5. The van der Waals surface area contributed by atoms with Crippen molar-refractivity contribution in [2.24, 2.45) is 10.6 Å². The summed E-state index contributed by atoms with van der Waals surface area (Å²) in [5.41, 5.74) is -1.26. The van der Waals surface area contributed by atoms with Gasteiger partial charge in [0, 0.05) is 0 Å². The Balaban J connectivity index is 3.07. The average molecular weight is 231 g/mol. The van der Waals surface area contributed by atoms with Gasteiger partial charge in [0.1, 0.15) is 5.41 Å². The molecular weight excluding hydrogens is 218 g/mol. The van der Waals surface area contributed by atoms with E-state index in [0.717, 1.165) is 0 Å². The zero-order chi connectivity index (χ0) is 11.5. The molecule has 0 aromatic heterocycles. The molecule has 1 aliphatic carbocycles. The number of hydrogen-bond acceptors (Lipinski definition) is 4. The molecule has 0 bridgehead atoms. The van der Waals surface area contributed by atoms with E-state index in [2.05, 4.69) is 4.74 Å². The zero-order valence-corrected chi connectivity index (χ0v) is 9.16. The third-order valence-corrected chi connectivity index (χ3v) is 2.99. The second-order valence-electron chi connectivity index (χ2n) is 3.38. The summed E-state index contributed by atoms with van der Waals surface area (Å²) in [5, 5.41) is 4.94. The van der Waals surface area contributed by atoms with Gasteiger partial charge >= 0.3 is 5.97 Å². The number of allylic oxidation sites excluding steroid dienone is 2. The summed E-state index contributed by atoms with van der Waals surface area (Å²) in [6.45, 7) is 0. The minimum atomic E-state index is -3.74. The molecule has 0 heterocycles. The van der Waals surface area contributed by atoms with Gasteiger partial charge in [-0.15, -0.1) is 0 Å². The molecule has 5 nitrogen and oxygen atoms in total. The Morgan fingerprint density at radius 1 is 1.47 bits per heavy atom. The van der Waals surface area contributed by atoms with Gasteiger partial charge in [-0.3, -0.25) is 4.79 Å². The predicted molar refractivity (Wildman–Crippen MR) is 55.3 cm³/mol. The van der Waals surface area contributed by atoms with Crippen LogP contribution in [-0.4, -0.2) is 27.2 Å². The summed E-state index contributed by atoms with van der Waals surface area (Å²) in [7, 11) is -2.53. The molecule has 0 aromatic carbocycles. The van der Waals surface area contributed by atoms with Crippen LogP contribution in [-0.2, 0) is 19.6 Å². The van der Waals surface area contributed by atoms with Crippen LogP contribution >= 0.6 is 0 Å². The summed E-state index contributed by atoms with van der Waals surface area (Å²) < 4.78 is 26.6. The Hall–Kier alpha value is -1.14. The Bertz CT molecular complexity index is 396. The number of carbonyl (C=O) groups is 1. The van der Waals surface area contributed by atoms with Crippen molar-refractivity contribution in [3.05, 3.63) is 24.3 Å². The molecule has 0 saturated heterocycles. The summed E-state index contributed by atoms with van der Waals surface area (Å²) >= 11 is 0. The largest absolute Gasteiger partial charge is 0.468 e. The van der Waals surface area contributed by atoms with E-state index in [1.807, 2.05) is 0 Å². The van der Waals surface area contributed by atoms with Crippen LogP contribution in [0.15, 0.2) is 24.3 Å². The van der Waals surface area contributed by atoms with Gasteiger partial charge in [-0.25, -0.2) is 13.6 Å². The monoisotopic (exact) mass is 231 g/mol. The number of nitrogens with two attached hydrogens (primary N) is 1. The topological polar surface area (TPSA) is 86.5 Å². The molecule has 2 N–H and O–H groups in total. The molecule has 0 saturated carbocycles. The van der Waals surface area contributed by atoms with Gasteiger partial charge in [0.05, 0.1) is 12.9 Å². The maximum atomic E-state index is 11.5. The zero-order valence-electron chi connectivity index (χ0n) is 8.34.